The number of halogens is 2. The Balaban J connectivity index is 2.35. The molecule has 0 aliphatic heterocycles. The van der Waals surface area contributed by atoms with E-state index in [1.165, 1.54) is 7.11 Å². The molecule has 0 saturated carbocycles. The van der Waals surface area contributed by atoms with Crippen molar-refractivity contribution in [2.75, 3.05) is 13.7 Å². The third-order valence-electron chi connectivity index (χ3n) is 1.49. The van der Waals surface area contributed by atoms with Crippen molar-refractivity contribution < 1.29 is 13.9 Å². The maximum Gasteiger partial charge on any atom is 0.319 e. The Labute approximate surface area is 98.2 Å². The van der Waals surface area contributed by atoms with Gasteiger partial charge < -0.3 is 9.15 Å². The van der Waals surface area contributed by atoms with E-state index < -0.39 is 0 Å². The number of rotatable bonds is 4. The number of nitrogens with one attached hydrogen (secondary N) is 1. The smallest absolute Gasteiger partial charge is 0.319 e. The fourth-order valence-corrected chi connectivity index (χ4v) is 1.50. The minimum Gasteiger partial charge on any atom is -0.468 e. The van der Waals surface area contributed by atoms with Gasteiger partial charge in [-0.15, -0.1) is 0 Å². The molecule has 4 nitrogen and oxygen atoms in total. The van der Waals surface area contributed by atoms with Gasteiger partial charge in [0, 0.05) is 0 Å². The van der Waals surface area contributed by atoms with Crippen molar-refractivity contribution in [3.05, 3.63) is 21.0 Å². The number of carbonyl (C=O) groups is 1. The van der Waals surface area contributed by atoms with Gasteiger partial charge in [-0.1, -0.05) is 0 Å². The number of hydrogen-bond donors (Lipinski definition) is 1. The van der Waals surface area contributed by atoms with Crippen LogP contribution in [0.25, 0.3) is 0 Å². The Hall–Kier alpha value is -0.330. The lowest BCUT2D eigenvalue weighted by Crippen LogP contribution is -2.23. The number of methoxy groups -OCH3 is 1. The summed E-state index contributed by atoms with van der Waals surface area (Å²) in [6, 6.07) is 1.83. The molecular weight excluding hydrogens is 318 g/mol. The SMILES string of the molecule is COC(=O)CNCc1cc(Br)c(Br)o1. The number of furan rings is 1. The highest BCUT2D eigenvalue weighted by molar-refractivity contribution is 9.13. The first-order valence-electron chi connectivity index (χ1n) is 3.84. The third kappa shape index (κ3) is 3.43. The molecule has 0 unspecified atom stereocenters. The van der Waals surface area contributed by atoms with Gasteiger partial charge in [0.1, 0.15) is 5.76 Å². The molecule has 0 aliphatic carbocycles. The van der Waals surface area contributed by atoms with Crippen molar-refractivity contribution in [2.24, 2.45) is 0 Å². The van der Waals surface area contributed by atoms with Crippen molar-refractivity contribution in [1.82, 2.24) is 5.32 Å². The first-order valence-corrected chi connectivity index (χ1v) is 5.43. The fraction of sp³-hybridized carbons (Fsp3) is 0.375. The van der Waals surface area contributed by atoms with Gasteiger partial charge in [0.25, 0.3) is 0 Å². The zero-order valence-corrected chi connectivity index (χ0v) is 10.6. The Morgan fingerprint density at radius 3 is 2.86 bits per heavy atom. The summed E-state index contributed by atoms with van der Waals surface area (Å²) in [5.41, 5.74) is 0. The van der Waals surface area contributed by atoms with Crippen molar-refractivity contribution in [3.8, 4) is 0 Å². The van der Waals surface area contributed by atoms with E-state index in [2.05, 4.69) is 41.9 Å². The molecule has 0 fully saturated rings. The maximum atomic E-state index is 10.7. The standard InChI is InChI=1S/C8H9Br2NO3/c1-13-7(12)4-11-3-5-2-6(9)8(10)14-5/h2,11H,3-4H2,1H3. The summed E-state index contributed by atoms with van der Waals surface area (Å²) < 4.78 is 11.3. The molecule has 0 saturated heterocycles. The van der Waals surface area contributed by atoms with Crippen LogP contribution in [0.4, 0.5) is 0 Å². The van der Waals surface area contributed by atoms with Gasteiger partial charge in [0.15, 0.2) is 4.67 Å². The molecule has 1 N–H and O–H groups in total. The van der Waals surface area contributed by atoms with E-state index >= 15 is 0 Å². The van der Waals surface area contributed by atoms with E-state index in [0.29, 0.717) is 11.2 Å². The summed E-state index contributed by atoms with van der Waals surface area (Å²) in [5.74, 6) is 0.447. The summed E-state index contributed by atoms with van der Waals surface area (Å²) in [5, 5.41) is 2.88. The molecule has 0 aromatic carbocycles. The van der Waals surface area contributed by atoms with Crippen LogP contribution in [0.3, 0.4) is 0 Å². The minimum absolute atomic E-state index is 0.173. The first kappa shape index (κ1) is 11.7. The molecular formula is C8H9Br2NO3. The molecule has 0 bridgehead atoms. The molecule has 1 aromatic heterocycles. The normalized spacial score (nSPS) is 10.2. The summed E-state index contributed by atoms with van der Waals surface area (Å²) in [4.78, 5) is 10.7. The van der Waals surface area contributed by atoms with E-state index in [0.717, 1.165) is 10.2 Å². The van der Waals surface area contributed by atoms with Crippen molar-refractivity contribution in [1.29, 1.82) is 0 Å². The molecule has 0 spiro atoms. The lowest BCUT2D eigenvalue weighted by atomic mass is 10.4. The number of esters is 1. The van der Waals surface area contributed by atoms with E-state index in [-0.39, 0.29) is 12.5 Å². The molecule has 0 radical (unpaired) electrons. The van der Waals surface area contributed by atoms with Gasteiger partial charge in [-0.2, -0.15) is 0 Å². The van der Waals surface area contributed by atoms with Crippen molar-refractivity contribution in [3.63, 3.8) is 0 Å². The summed E-state index contributed by atoms with van der Waals surface area (Å²) in [6.07, 6.45) is 0. The van der Waals surface area contributed by atoms with Crippen LogP contribution in [-0.4, -0.2) is 19.6 Å². The molecule has 0 amide bonds. The maximum absolute atomic E-state index is 10.7. The highest BCUT2D eigenvalue weighted by Crippen LogP contribution is 2.26. The van der Waals surface area contributed by atoms with E-state index in [1.54, 1.807) is 0 Å². The quantitative estimate of drug-likeness (QED) is 0.861. The van der Waals surface area contributed by atoms with Crippen LogP contribution < -0.4 is 5.32 Å². The largest absolute Gasteiger partial charge is 0.468 e. The van der Waals surface area contributed by atoms with Crippen LogP contribution in [0.15, 0.2) is 19.6 Å². The van der Waals surface area contributed by atoms with Crippen LogP contribution in [0.5, 0.6) is 0 Å². The van der Waals surface area contributed by atoms with Crippen LogP contribution in [0.1, 0.15) is 5.76 Å². The van der Waals surface area contributed by atoms with Crippen LogP contribution in [0, 0.1) is 0 Å². The Morgan fingerprint density at radius 1 is 1.64 bits per heavy atom. The second kappa shape index (κ2) is 5.53. The molecule has 78 valence electrons. The molecule has 0 atom stereocenters. The topological polar surface area (TPSA) is 51.5 Å². The lowest BCUT2D eigenvalue weighted by Gasteiger charge is -1.99. The van der Waals surface area contributed by atoms with E-state index in [1.807, 2.05) is 6.07 Å². The lowest BCUT2D eigenvalue weighted by molar-refractivity contribution is -0.139. The van der Waals surface area contributed by atoms with Gasteiger partial charge in [-0.25, -0.2) is 0 Å². The molecule has 1 rings (SSSR count). The summed E-state index contributed by atoms with van der Waals surface area (Å²) in [7, 11) is 1.35. The van der Waals surface area contributed by atoms with E-state index in [9.17, 15) is 4.79 Å². The second-order valence-electron chi connectivity index (χ2n) is 2.51. The Bertz CT molecular complexity index is 305. The van der Waals surface area contributed by atoms with Crippen molar-refractivity contribution in [2.45, 2.75) is 6.54 Å². The third-order valence-corrected chi connectivity index (χ3v) is 3.20. The second-order valence-corrected chi connectivity index (χ2v) is 4.09. The van der Waals surface area contributed by atoms with E-state index in [4.69, 9.17) is 4.42 Å². The predicted molar refractivity (Wildman–Crippen MR) is 57.8 cm³/mol. The Morgan fingerprint density at radius 2 is 2.36 bits per heavy atom. The van der Waals surface area contributed by atoms with Crippen LogP contribution in [-0.2, 0) is 16.1 Å². The average Bonchev–Trinajstić information content (AvgIpc) is 2.46. The highest BCUT2D eigenvalue weighted by atomic mass is 79.9. The fourth-order valence-electron chi connectivity index (χ4n) is 0.838. The highest BCUT2D eigenvalue weighted by Gasteiger charge is 2.06. The van der Waals surface area contributed by atoms with Crippen LogP contribution >= 0.6 is 31.9 Å². The molecule has 0 aliphatic rings. The van der Waals surface area contributed by atoms with Gasteiger partial charge in [0.05, 0.1) is 24.7 Å². The summed E-state index contributed by atoms with van der Waals surface area (Å²) >= 11 is 6.51. The van der Waals surface area contributed by atoms with Gasteiger partial charge >= 0.3 is 5.97 Å². The van der Waals surface area contributed by atoms with Gasteiger partial charge in [0.2, 0.25) is 0 Å². The molecule has 1 aromatic rings. The zero-order valence-electron chi connectivity index (χ0n) is 7.47. The van der Waals surface area contributed by atoms with Crippen molar-refractivity contribution >= 4 is 37.8 Å². The first-order chi connectivity index (χ1) is 6.63. The van der Waals surface area contributed by atoms with Crippen LogP contribution in [0.2, 0.25) is 0 Å². The number of hydrogen-bond acceptors (Lipinski definition) is 4. The minimum atomic E-state index is -0.297. The zero-order chi connectivity index (χ0) is 10.6. The Kier molecular flexibility index (Phi) is 4.64. The number of carbonyl (C=O) groups excluding carboxylic acids is 1. The summed E-state index contributed by atoms with van der Waals surface area (Å²) in [6.45, 7) is 0.658. The molecule has 6 heteroatoms. The monoisotopic (exact) mass is 325 g/mol. The van der Waals surface area contributed by atoms with Gasteiger partial charge in [-0.3, -0.25) is 10.1 Å². The molecule has 1 heterocycles. The average molecular weight is 327 g/mol. The predicted octanol–water partition coefficient (Wildman–Crippen LogP) is 2.07. The van der Waals surface area contributed by atoms with Gasteiger partial charge in [-0.05, 0) is 37.9 Å². The molecule has 14 heavy (non-hydrogen) atoms. The number of ether oxygens (including phenoxy) is 1.